The number of nitrogens with zero attached hydrogens (tertiary/aromatic N) is 1. The summed E-state index contributed by atoms with van der Waals surface area (Å²) >= 11 is 0. The number of fused-ring (bicyclic) bond motifs is 2. The third-order valence-corrected chi connectivity index (χ3v) is 7.93. The lowest BCUT2D eigenvalue weighted by Crippen LogP contribution is -2.45. The van der Waals surface area contributed by atoms with Gasteiger partial charge in [-0.3, -0.25) is 9.10 Å². The number of nitrogens with one attached hydrogen (secondary N) is 1. The molecule has 160 valence electrons. The van der Waals surface area contributed by atoms with Gasteiger partial charge in [-0.15, -0.1) is 0 Å². The van der Waals surface area contributed by atoms with E-state index >= 15 is 0 Å². The van der Waals surface area contributed by atoms with Crippen LogP contribution in [0.25, 0.3) is 0 Å². The van der Waals surface area contributed by atoms with Gasteiger partial charge in [0.1, 0.15) is 12.3 Å². The molecule has 0 radical (unpaired) electrons. The van der Waals surface area contributed by atoms with E-state index in [9.17, 15) is 13.2 Å². The van der Waals surface area contributed by atoms with Crippen molar-refractivity contribution in [3.05, 3.63) is 54.6 Å². The smallest absolute Gasteiger partial charge is 0.264 e. The Morgan fingerprint density at radius 1 is 1.07 bits per heavy atom. The van der Waals surface area contributed by atoms with Crippen molar-refractivity contribution in [1.82, 2.24) is 5.32 Å². The molecule has 3 atom stereocenters. The maximum atomic E-state index is 13.4. The summed E-state index contributed by atoms with van der Waals surface area (Å²) in [6, 6.07) is 15.2. The normalized spacial score (nSPS) is 22.6. The van der Waals surface area contributed by atoms with E-state index in [1.807, 2.05) is 6.92 Å². The van der Waals surface area contributed by atoms with Gasteiger partial charge in [0.15, 0.2) is 0 Å². The van der Waals surface area contributed by atoms with E-state index < -0.39 is 10.0 Å². The van der Waals surface area contributed by atoms with Crippen LogP contribution in [-0.2, 0) is 14.8 Å². The lowest BCUT2D eigenvalue weighted by atomic mass is 9.95. The number of rotatable bonds is 8. The Hall–Kier alpha value is -2.54. The fourth-order valence-electron chi connectivity index (χ4n) is 4.71. The number of carbonyl (C=O) groups excluding carboxylic acids is 1. The molecule has 0 aliphatic heterocycles. The molecular formula is C23H28N2O4S. The summed E-state index contributed by atoms with van der Waals surface area (Å²) in [5, 5.41) is 3.10. The van der Waals surface area contributed by atoms with Crippen LogP contribution in [0.4, 0.5) is 5.69 Å². The SMILES string of the molecule is CCOc1ccc(N(CC(=O)N[C@@H]2C[C@@H]3CC[C@H]2C3)S(=O)(=O)c2ccccc2)cc1. The second-order valence-electron chi connectivity index (χ2n) is 8.10. The van der Waals surface area contributed by atoms with Crippen LogP contribution in [-0.4, -0.2) is 33.5 Å². The van der Waals surface area contributed by atoms with E-state index in [1.165, 1.54) is 17.1 Å². The van der Waals surface area contributed by atoms with Crippen molar-refractivity contribution in [3.63, 3.8) is 0 Å². The molecule has 2 aliphatic carbocycles. The maximum Gasteiger partial charge on any atom is 0.264 e. The average Bonchev–Trinajstić information content (AvgIpc) is 3.37. The minimum atomic E-state index is -3.89. The summed E-state index contributed by atoms with van der Waals surface area (Å²) in [6.07, 6.45) is 4.58. The zero-order chi connectivity index (χ0) is 21.1. The van der Waals surface area contributed by atoms with Crippen LogP contribution < -0.4 is 14.4 Å². The average molecular weight is 429 g/mol. The van der Waals surface area contributed by atoms with Crippen LogP contribution in [0.3, 0.4) is 0 Å². The maximum absolute atomic E-state index is 13.4. The van der Waals surface area contributed by atoms with Gasteiger partial charge in [-0.2, -0.15) is 0 Å². The molecule has 0 saturated heterocycles. The number of carbonyl (C=O) groups is 1. The number of hydrogen-bond acceptors (Lipinski definition) is 4. The Kier molecular flexibility index (Phi) is 5.99. The molecule has 30 heavy (non-hydrogen) atoms. The number of ether oxygens (including phenoxy) is 1. The highest BCUT2D eigenvalue weighted by molar-refractivity contribution is 7.92. The van der Waals surface area contributed by atoms with Gasteiger partial charge in [-0.05, 0) is 74.4 Å². The highest BCUT2D eigenvalue weighted by Crippen LogP contribution is 2.44. The predicted molar refractivity (Wildman–Crippen MR) is 116 cm³/mol. The van der Waals surface area contributed by atoms with Crippen LogP contribution >= 0.6 is 0 Å². The van der Waals surface area contributed by atoms with Gasteiger partial charge in [0.25, 0.3) is 10.0 Å². The van der Waals surface area contributed by atoms with Gasteiger partial charge in [-0.25, -0.2) is 8.42 Å². The molecule has 2 aromatic rings. The van der Waals surface area contributed by atoms with Crippen molar-refractivity contribution in [1.29, 1.82) is 0 Å². The highest BCUT2D eigenvalue weighted by Gasteiger charge is 2.40. The van der Waals surface area contributed by atoms with E-state index in [-0.39, 0.29) is 23.4 Å². The first kappa shape index (κ1) is 20.7. The number of hydrogen-bond donors (Lipinski definition) is 1. The molecule has 2 saturated carbocycles. The van der Waals surface area contributed by atoms with Crippen LogP contribution in [0.5, 0.6) is 5.75 Å². The second-order valence-corrected chi connectivity index (χ2v) is 9.96. The molecule has 7 heteroatoms. The number of benzene rings is 2. The highest BCUT2D eigenvalue weighted by atomic mass is 32.2. The van der Waals surface area contributed by atoms with Crippen molar-refractivity contribution in [3.8, 4) is 5.75 Å². The number of sulfonamides is 1. The molecule has 4 rings (SSSR count). The zero-order valence-corrected chi connectivity index (χ0v) is 18.0. The van der Waals surface area contributed by atoms with E-state index in [0.29, 0.717) is 29.9 Å². The van der Waals surface area contributed by atoms with Gasteiger partial charge in [0, 0.05) is 6.04 Å². The van der Waals surface area contributed by atoms with Crippen molar-refractivity contribution >= 4 is 21.6 Å². The largest absolute Gasteiger partial charge is 0.494 e. The molecule has 1 N–H and O–H groups in total. The Labute approximate surface area is 178 Å². The van der Waals surface area contributed by atoms with Crippen LogP contribution in [0.15, 0.2) is 59.5 Å². The Morgan fingerprint density at radius 2 is 1.80 bits per heavy atom. The van der Waals surface area contributed by atoms with E-state index in [0.717, 1.165) is 12.8 Å². The quantitative estimate of drug-likeness (QED) is 0.697. The Morgan fingerprint density at radius 3 is 2.40 bits per heavy atom. The van der Waals surface area contributed by atoms with E-state index in [4.69, 9.17) is 4.74 Å². The third-order valence-electron chi connectivity index (χ3n) is 6.14. The van der Waals surface area contributed by atoms with E-state index in [2.05, 4.69) is 5.32 Å². The zero-order valence-electron chi connectivity index (χ0n) is 17.2. The van der Waals surface area contributed by atoms with Gasteiger partial charge in [0.05, 0.1) is 17.2 Å². The van der Waals surface area contributed by atoms with Gasteiger partial charge in [-0.1, -0.05) is 24.6 Å². The fourth-order valence-corrected chi connectivity index (χ4v) is 6.16. The first-order valence-electron chi connectivity index (χ1n) is 10.6. The molecule has 1 amide bonds. The third kappa shape index (κ3) is 4.31. The molecule has 2 bridgehead atoms. The summed E-state index contributed by atoms with van der Waals surface area (Å²) in [5.74, 6) is 1.63. The molecule has 0 unspecified atom stereocenters. The van der Waals surface area contributed by atoms with Crippen molar-refractivity contribution < 1.29 is 17.9 Å². The van der Waals surface area contributed by atoms with Crippen molar-refractivity contribution in [2.75, 3.05) is 17.5 Å². The molecule has 2 fully saturated rings. The number of anilines is 1. The molecule has 0 heterocycles. The van der Waals surface area contributed by atoms with Gasteiger partial charge < -0.3 is 10.1 Å². The second kappa shape index (κ2) is 8.68. The Bertz CT molecular complexity index is 976. The molecule has 2 aromatic carbocycles. The van der Waals surface area contributed by atoms with Gasteiger partial charge >= 0.3 is 0 Å². The van der Waals surface area contributed by atoms with Gasteiger partial charge in [0.2, 0.25) is 5.91 Å². The lowest BCUT2D eigenvalue weighted by molar-refractivity contribution is -0.120. The topological polar surface area (TPSA) is 75.7 Å². The first-order chi connectivity index (χ1) is 14.5. The monoisotopic (exact) mass is 428 g/mol. The molecule has 6 nitrogen and oxygen atoms in total. The summed E-state index contributed by atoms with van der Waals surface area (Å²) in [7, 11) is -3.89. The summed E-state index contributed by atoms with van der Waals surface area (Å²) in [4.78, 5) is 13.0. The standard InChI is InChI=1S/C23H28N2O4S/c1-2-29-20-12-10-19(11-13-20)25(30(27,28)21-6-4-3-5-7-21)16-23(26)24-22-15-17-8-9-18(22)14-17/h3-7,10-13,17-18,22H,2,8-9,14-16H2,1H3,(H,24,26)/t17-,18+,22-/m1/s1. The first-order valence-corrected chi connectivity index (χ1v) is 12.0. The molecule has 0 aromatic heterocycles. The number of amides is 1. The van der Waals surface area contributed by atoms with Crippen molar-refractivity contribution in [2.45, 2.75) is 43.5 Å². The summed E-state index contributed by atoms with van der Waals surface area (Å²) in [6.45, 7) is 2.16. The van der Waals surface area contributed by atoms with Crippen molar-refractivity contribution in [2.24, 2.45) is 11.8 Å². The van der Waals surface area contributed by atoms with Crippen LogP contribution in [0.1, 0.15) is 32.6 Å². The minimum Gasteiger partial charge on any atom is -0.494 e. The Balaban J connectivity index is 1.57. The molecular weight excluding hydrogens is 400 g/mol. The lowest BCUT2D eigenvalue weighted by Gasteiger charge is -2.27. The molecule has 2 aliphatic rings. The molecule has 0 spiro atoms. The summed E-state index contributed by atoms with van der Waals surface area (Å²) in [5.41, 5.74) is 0.436. The van der Waals surface area contributed by atoms with Crippen LogP contribution in [0.2, 0.25) is 0 Å². The van der Waals surface area contributed by atoms with E-state index in [1.54, 1.807) is 54.6 Å². The van der Waals surface area contributed by atoms with Crippen LogP contribution in [0, 0.1) is 11.8 Å². The fraction of sp³-hybridized carbons (Fsp3) is 0.435. The minimum absolute atomic E-state index is 0.159. The predicted octanol–water partition coefficient (Wildman–Crippen LogP) is 3.59. The summed E-state index contributed by atoms with van der Waals surface area (Å²) < 4.78 is 33.4.